The summed E-state index contributed by atoms with van der Waals surface area (Å²) in [4.78, 5) is 23.4. The number of carbonyl (C=O) groups is 2. The molecule has 2 aromatic rings. The van der Waals surface area contributed by atoms with E-state index < -0.39 is 0 Å². The monoisotopic (exact) mass is 422 g/mol. The molecule has 0 atom stereocenters. The topological polar surface area (TPSA) is 82.9 Å². The average molecular weight is 423 g/mol. The molecule has 2 rings (SSSR count). The number of nitrogens with one attached hydrogen (secondary N) is 2. The Bertz CT molecular complexity index is 789. The number of rotatable bonds is 8. The van der Waals surface area contributed by atoms with E-state index >= 15 is 0 Å². The Hall–Kier alpha value is -2.35. The van der Waals surface area contributed by atoms with Crippen molar-refractivity contribution in [3.8, 4) is 0 Å². The number of carbonyl (C=O) groups excluding carboxylic acids is 2. The second kappa shape index (κ2) is 11.4. The largest absolute Gasteiger partial charge is 0.272 e. The molecule has 0 heterocycles. The first-order valence-corrected chi connectivity index (χ1v) is 9.68. The summed E-state index contributed by atoms with van der Waals surface area (Å²) in [6, 6.07) is 14.3. The van der Waals surface area contributed by atoms with Gasteiger partial charge >= 0.3 is 0 Å². The molecule has 0 aliphatic rings. The summed E-state index contributed by atoms with van der Waals surface area (Å²) in [7, 11) is 0. The lowest BCUT2D eigenvalue weighted by Gasteiger charge is -2.01. The van der Waals surface area contributed by atoms with Crippen LogP contribution >= 0.6 is 35.0 Å². The van der Waals surface area contributed by atoms with Gasteiger partial charge in [-0.05, 0) is 12.1 Å². The third-order valence-corrected chi connectivity index (χ3v) is 4.68. The van der Waals surface area contributed by atoms with Gasteiger partial charge in [0, 0.05) is 21.2 Å². The molecule has 0 spiro atoms. The highest BCUT2D eigenvalue weighted by Crippen LogP contribution is 2.12. The number of hydrazone groups is 2. The smallest absolute Gasteiger partial charge is 0.250 e. The lowest BCUT2D eigenvalue weighted by atomic mass is 10.2. The summed E-state index contributed by atoms with van der Waals surface area (Å²) < 4.78 is 0. The van der Waals surface area contributed by atoms with Gasteiger partial charge in [0.1, 0.15) is 0 Å². The van der Waals surface area contributed by atoms with Crippen LogP contribution in [0.5, 0.6) is 0 Å². The van der Waals surface area contributed by atoms with Crippen LogP contribution in [0.2, 0.25) is 10.0 Å². The van der Waals surface area contributed by atoms with Crippen molar-refractivity contribution in [1.82, 2.24) is 10.9 Å². The van der Waals surface area contributed by atoms with Crippen LogP contribution in [0.4, 0.5) is 0 Å². The number of hydrogen-bond donors (Lipinski definition) is 2. The van der Waals surface area contributed by atoms with Crippen LogP contribution in [0.15, 0.2) is 58.7 Å². The van der Waals surface area contributed by atoms with Gasteiger partial charge in [0.05, 0.1) is 23.9 Å². The first-order chi connectivity index (χ1) is 13.1. The van der Waals surface area contributed by atoms with Gasteiger partial charge in [-0.1, -0.05) is 59.6 Å². The molecule has 0 unspecified atom stereocenters. The predicted molar refractivity (Wildman–Crippen MR) is 112 cm³/mol. The maximum Gasteiger partial charge on any atom is 0.250 e. The molecule has 2 N–H and O–H groups in total. The normalized spacial score (nSPS) is 11.0. The van der Waals surface area contributed by atoms with Gasteiger partial charge in [-0.2, -0.15) is 10.2 Å². The Morgan fingerprint density at radius 1 is 0.815 bits per heavy atom. The molecule has 0 saturated heterocycles. The Kier molecular flexibility index (Phi) is 8.83. The van der Waals surface area contributed by atoms with E-state index in [1.807, 2.05) is 12.1 Å². The van der Waals surface area contributed by atoms with Crippen molar-refractivity contribution >= 4 is 59.2 Å². The SMILES string of the molecule is O=C(CSCC(=O)NN=Cc1ccccc1Cl)NN=Cc1ccccc1Cl. The van der Waals surface area contributed by atoms with E-state index in [-0.39, 0.29) is 23.3 Å². The van der Waals surface area contributed by atoms with E-state index in [0.717, 1.165) is 11.8 Å². The molecule has 0 fully saturated rings. The van der Waals surface area contributed by atoms with Crippen LogP contribution in [0.3, 0.4) is 0 Å². The van der Waals surface area contributed by atoms with Crippen LogP contribution in [0.25, 0.3) is 0 Å². The molecular formula is C18H16Cl2N4O2S. The predicted octanol–water partition coefficient (Wildman–Crippen LogP) is 3.33. The van der Waals surface area contributed by atoms with Gasteiger partial charge in [0.2, 0.25) is 11.8 Å². The molecule has 9 heteroatoms. The van der Waals surface area contributed by atoms with Crippen LogP contribution < -0.4 is 10.9 Å². The van der Waals surface area contributed by atoms with Crippen LogP contribution in [0.1, 0.15) is 11.1 Å². The van der Waals surface area contributed by atoms with Crippen molar-refractivity contribution in [2.24, 2.45) is 10.2 Å². The molecule has 27 heavy (non-hydrogen) atoms. The van der Waals surface area contributed by atoms with Crippen molar-refractivity contribution in [1.29, 1.82) is 0 Å². The second-order valence-electron chi connectivity index (χ2n) is 5.12. The minimum atomic E-state index is -0.323. The zero-order chi connectivity index (χ0) is 19.5. The summed E-state index contributed by atoms with van der Waals surface area (Å²) in [5.41, 5.74) is 6.15. The van der Waals surface area contributed by atoms with Crippen LogP contribution in [0, 0.1) is 0 Å². The fourth-order valence-electron chi connectivity index (χ4n) is 1.81. The summed E-state index contributed by atoms with van der Waals surface area (Å²) in [5, 5.41) is 8.75. The maximum atomic E-state index is 11.7. The molecule has 140 valence electrons. The van der Waals surface area contributed by atoms with E-state index in [9.17, 15) is 9.59 Å². The number of halogens is 2. The molecule has 6 nitrogen and oxygen atoms in total. The molecule has 0 aliphatic carbocycles. The quantitative estimate of drug-likeness (QED) is 0.505. The van der Waals surface area contributed by atoms with Crippen LogP contribution in [-0.4, -0.2) is 35.7 Å². The highest BCUT2D eigenvalue weighted by molar-refractivity contribution is 8.00. The Morgan fingerprint density at radius 3 is 1.63 bits per heavy atom. The minimum absolute atomic E-state index is 0.0848. The third-order valence-electron chi connectivity index (χ3n) is 3.06. The van der Waals surface area contributed by atoms with Crippen molar-refractivity contribution in [2.45, 2.75) is 0 Å². The van der Waals surface area contributed by atoms with E-state index in [1.54, 1.807) is 36.4 Å². The highest BCUT2D eigenvalue weighted by atomic mass is 35.5. The zero-order valence-electron chi connectivity index (χ0n) is 14.1. The van der Waals surface area contributed by atoms with Gasteiger partial charge in [-0.3, -0.25) is 9.59 Å². The van der Waals surface area contributed by atoms with Crippen molar-refractivity contribution in [2.75, 3.05) is 11.5 Å². The third kappa shape index (κ3) is 7.82. The lowest BCUT2D eigenvalue weighted by Crippen LogP contribution is -2.23. The number of hydrogen-bond acceptors (Lipinski definition) is 5. The summed E-state index contributed by atoms with van der Waals surface area (Å²) in [6.07, 6.45) is 2.92. The van der Waals surface area contributed by atoms with Gasteiger partial charge < -0.3 is 0 Å². The van der Waals surface area contributed by atoms with Crippen LogP contribution in [-0.2, 0) is 9.59 Å². The molecule has 0 aliphatic heterocycles. The van der Waals surface area contributed by atoms with Gasteiger partial charge in [0.25, 0.3) is 0 Å². The molecule has 0 aromatic heterocycles. The van der Waals surface area contributed by atoms with Crippen molar-refractivity contribution in [3.63, 3.8) is 0 Å². The molecular weight excluding hydrogens is 407 g/mol. The number of thioether (sulfide) groups is 1. The number of benzene rings is 2. The first-order valence-electron chi connectivity index (χ1n) is 7.77. The van der Waals surface area contributed by atoms with E-state index in [2.05, 4.69) is 21.1 Å². The first kappa shape index (κ1) is 21.0. The maximum absolute atomic E-state index is 11.7. The molecule has 2 aromatic carbocycles. The molecule has 0 bridgehead atoms. The molecule has 0 saturated carbocycles. The summed E-state index contributed by atoms with van der Waals surface area (Å²) in [5.74, 6) is -0.477. The number of nitrogens with zero attached hydrogens (tertiary/aromatic N) is 2. The summed E-state index contributed by atoms with van der Waals surface area (Å²) >= 11 is 13.1. The minimum Gasteiger partial charge on any atom is -0.272 e. The Labute approximate surface area is 171 Å². The van der Waals surface area contributed by atoms with Gasteiger partial charge in [-0.15, -0.1) is 11.8 Å². The lowest BCUT2D eigenvalue weighted by molar-refractivity contribution is -0.118. The fraction of sp³-hybridized carbons (Fsp3) is 0.111. The second-order valence-corrected chi connectivity index (χ2v) is 6.92. The van der Waals surface area contributed by atoms with Gasteiger partial charge in [-0.25, -0.2) is 10.9 Å². The standard InChI is InChI=1S/C18H16Cl2N4O2S/c19-15-7-3-1-5-13(15)9-21-23-17(25)11-27-12-18(26)24-22-10-14-6-2-4-8-16(14)20/h1-10H,11-12H2,(H,23,25)(H,24,26). The zero-order valence-corrected chi connectivity index (χ0v) is 16.4. The molecule has 2 amide bonds. The average Bonchev–Trinajstić information content (AvgIpc) is 2.65. The van der Waals surface area contributed by atoms with Crippen molar-refractivity contribution < 1.29 is 9.59 Å². The van der Waals surface area contributed by atoms with E-state index in [4.69, 9.17) is 23.2 Å². The van der Waals surface area contributed by atoms with E-state index in [0.29, 0.717) is 21.2 Å². The highest BCUT2D eigenvalue weighted by Gasteiger charge is 2.04. The summed E-state index contributed by atoms with van der Waals surface area (Å²) in [6.45, 7) is 0. The van der Waals surface area contributed by atoms with Gasteiger partial charge in [0.15, 0.2) is 0 Å². The Morgan fingerprint density at radius 2 is 1.22 bits per heavy atom. The van der Waals surface area contributed by atoms with Crippen molar-refractivity contribution in [3.05, 3.63) is 69.7 Å². The molecule has 0 radical (unpaired) electrons. The van der Waals surface area contributed by atoms with E-state index in [1.165, 1.54) is 12.4 Å². The Balaban J connectivity index is 1.65. The fourth-order valence-corrected chi connectivity index (χ4v) is 2.78. The number of amides is 2.